The van der Waals surface area contributed by atoms with Gasteiger partial charge in [-0.1, -0.05) is 0 Å². The third-order valence-electron chi connectivity index (χ3n) is 2.74. The van der Waals surface area contributed by atoms with Crippen molar-refractivity contribution in [2.45, 2.75) is 30.9 Å². The first-order chi connectivity index (χ1) is 8.09. The van der Waals surface area contributed by atoms with Crippen molar-refractivity contribution in [3.63, 3.8) is 0 Å². The molecule has 2 amide bonds. The highest BCUT2D eigenvalue weighted by molar-refractivity contribution is 8.00. The minimum atomic E-state index is -0.818. The normalized spacial score (nSPS) is 19.0. The molecule has 0 aliphatic carbocycles. The monoisotopic (exact) mass is 260 g/mol. The number of nitrogens with one attached hydrogen (secondary N) is 1. The Kier molecular flexibility index (Phi) is 6.18. The molecule has 0 radical (unpaired) electrons. The SMILES string of the molecule is CN(CCCC(=O)O)C(=O)NCC1CCCS1. The molecule has 98 valence electrons. The van der Waals surface area contributed by atoms with Crippen LogP contribution in [0.1, 0.15) is 25.7 Å². The molecule has 0 saturated carbocycles. The van der Waals surface area contributed by atoms with Crippen LogP contribution >= 0.6 is 11.8 Å². The lowest BCUT2D eigenvalue weighted by molar-refractivity contribution is -0.137. The molecular weight excluding hydrogens is 240 g/mol. The zero-order valence-corrected chi connectivity index (χ0v) is 11.0. The number of carboxylic acid groups (broad SMARTS) is 1. The van der Waals surface area contributed by atoms with Crippen molar-refractivity contribution in [1.29, 1.82) is 0 Å². The molecule has 0 bridgehead atoms. The highest BCUT2D eigenvalue weighted by Crippen LogP contribution is 2.25. The van der Waals surface area contributed by atoms with Crippen LogP contribution in [0.25, 0.3) is 0 Å². The number of nitrogens with zero attached hydrogens (tertiary/aromatic N) is 1. The Morgan fingerprint density at radius 2 is 2.29 bits per heavy atom. The van der Waals surface area contributed by atoms with Crippen molar-refractivity contribution in [3.05, 3.63) is 0 Å². The molecule has 1 heterocycles. The van der Waals surface area contributed by atoms with E-state index in [2.05, 4.69) is 5.32 Å². The number of aliphatic carboxylic acids is 1. The van der Waals surface area contributed by atoms with E-state index in [1.807, 2.05) is 11.8 Å². The van der Waals surface area contributed by atoms with Gasteiger partial charge in [0, 0.05) is 31.8 Å². The van der Waals surface area contributed by atoms with Crippen LogP contribution in [0.4, 0.5) is 4.79 Å². The fourth-order valence-electron chi connectivity index (χ4n) is 1.71. The van der Waals surface area contributed by atoms with Crippen LogP contribution in [-0.2, 0) is 4.79 Å². The summed E-state index contributed by atoms with van der Waals surface area (Å²) in [6.07, 6.45) is 3.01. The summed E-state index contributed by atoms with van der Waals surface area (Å²) in [4.78, 5) is 23.5. The molecule has 1 rings (SSSR count). The molecule has 1 aliphatic heterocycles. The van der Waals surface area contributed by atoms with E-state index in [0.717, 1.165) is 0 Å². The molecule has 0 aromatic rings. The number of urea groups is 1. The molecule has 0 aromatic carbocycles. The fourth-order valence-corrected chi connectivity index (χ4v) is 2.91. The second-order valence-electron chi connectivity index (χ2n) is 4.24. The van der Waals surface area contributed by atoms with Crippen molar-refractivity contribution in [2.24, 2.45) is 0 Å². The van der Waals surface area contributed by atoms with Gasteiger partial charge in [0.2, 0.25) is 0 Å². The third kappa shape index (κ3) is 5.81. The first kappa shape index (κ1) is 14.2. The maximum atomic E-state index is 11.6. The molecule has 0 spiro atoms. The lowest BCUT2D eigenvalue weighted by Crippen LogP contribution is -2.40. The van der Waals surface area contributed by atoms with Crippen LogP contribution in [0.2, 0.25) is 0 Å². The van der Waals surface area contributed by atoms with Gasteiger partial charge < -0.3 is 15.3 Å². The van der Waals surface area contributed by atoms with E-state index < -0.39 is 5.97 Å². The number of thioether (sulfide) groups is 1. The Morgan fingerprint density at radius 3 is 2.88 bits per heavy atom. The van der Waals surface area contributed by atoms with E-state index in [4.69, 9.17) is 5.11 Å². The second kappa shape index (κ2) is 7.42. The van der Waals surface area contributed by atoms with Gasteiger partial charge in [-0.05, 0) is 25.0 Å². The Labute approximate surface area is 106 Å². The molecule has 1 unspecified atom stereocenters. The Bertz CT molecular complexity index is 267. The van der Waals surface area contributed by atoms with Gasteiger partial charge >= 0.3 is 12.0 Å². The first-order valence-electron chi connectivity index (χ1n) is 5.92. The third-order valence-corrected chi connectivity index (χ3v) is 4.13. The number of amides is 2. The number of carboxylic acids is 1. The van der Waals surface area contributed by atoms with Gasteiger partial charge in [-0.3, -0.25) is 4.79 Å². The summed E-state index contributed by atoms with van der Waals surface area (Å²) >= 11 is 1.91. The number of carbonyl (C=O) groups is 2. The molecule has 1 saturated heterocycles. The highest BCUT2D eigenvalue weighted by atomic mass is 32.2. The molecule has 1 fully saturated rings. The molecule has 2 N–H and O–H groups in total. The van der Waals surface area contributed by atoms with E-state index in [-0.39, 0.29) is 12.5 Å². The van der Waals surface area contributed by atoms with E-state index >= 15 is 0 Å². The van der Waals surface area contributed by atoms with Crippen molar-refractivity contribution in [2.75, 3.05) is 25.9 Å². The summed E-state index contributed by atoms with van der Waals surface area (Å²) in [5, 5.41) is 11.9. The van der Waals surface area contributed by atoms with Crippen molar-refractivity contribution in [1.82, 2.24) is 10.2 Å². The highest BCUT2D eigenvalue weighted by Gasteiger charge is 2.17. The van der Waals surface area contributed by atoms with Crippen LogP contribution in [0.5, 0.6) is 0 Å². The lowest BCUT2D eigenvalue weighted by Gasteiger charge is -2.18. The van der Waals surface area contributed by atoms with Crippen LogP contribution < -0.4 is 5.32 Å². The number of rotatable bonds is 6. The predicted molar refractivity (Wildman–Crippen MR) is 68.4 cm³/mol. The maximum Gasteiger partial charge on any atom is 0.317 e. The molecule has 5 nitrogen and oxygen atoms in total. The summed E-state index contributed by atoms with van der Waals surface area (Å²) in [6, 6.07) is -0.108. The molecular formula is C11H20N2O3S. The molecule has 1 aliphatic rings. The number of carbonyl (C=O) groups excluding carboxylic acids is 1. The lowest BCUT2D eigenvalue weighted by atomic mass is 10.2. The average Bonchev–Trinajstić information content (AvgIpc) is 2.78. The Morgan fingerprint density at radius 1 is 1.53 bits per heavy atom. The van der Waals surface area contributed by atoms with Crippen molar-refractivity contribution < 1.29 is 14.7 Å². The average molecular weight is 260 g/mol. The first-order valence-corrected chi connectivity index (χ1v) is 6.97. The zero-order chi connectivity index (χ0) is 12.7. The predicted octanol–water partition coefficient (Wildman–Crippen LogP) is 1.39. The Hall–Kier alpha value is -0.910. The van der Waals surface area contributed by atoms with Crippen molar-refractivity contribution >= 4 is 23.8 Å². The van der Waals surface area contributed by atoms with Gasteiger partial charge in [0.05, 0.1) is 0 Å². The van der Waals surface area contributed by atoms with Crippen LogP contribution in [0, 0.1) is 0 Å². The van der Waals surface area contributed by atoms with Gasteiger partial charge in [-0.25, -0.2) is 4.79 Å². The summed E-state index contributed by atoms with van der Waals surface area (Å²) < 4.78 is 0. The summed E-state index contributed by atoms with van der Waals surface area (Å²) in [7, 11) is 1.69. The van der Waals surface area contributed by atoms with Gasteiger partial charge in [0.15, 0.2) is 0 Å². The van der Waals surface area contributed by atoms with Gasteiger partial charge in [-0.15, -0.1) is 0 Å². The van der Waals surface area contributed by atoms with Crippen LogP contribution in [0.3, 0.4) is 0 Å². The summed E-state index contributed by atoms with van der Waals surface area (Å²) in [6.45, 7) is 1.20. The standard InChI is InChI=1S/C11H20N2O3S/c1-13(6-2-5-10(14)15)11(16)12-8-9-4-3-7-17-9/h9H,2-8H2,1H3,(H,12,16)(H,14,15). The number of hydrogen-bond donors (Lipinski definition) is 2. The van der Waals surface area contributed by atoms with Gasteiger partial charge in [-0.2, -0.15) is 11.8 Å². The Balaban J connectivity index is 2.10. The quantitative estimate of drug-likeness (QED) is 0.757. The summed E-state index contributed by atoms with van der Waals surface area (Å²) in [5.41, 5.74) is 0. The maximum absolute atomic E-state index is 11.6. The van der Waals surface area contributed by atoms with Crippen molar-refractivity contribution in [3.8, 4) is 0 Å². The van der Waals surface area contributed by atoms with E-state index in [1.165, 1.54) is 18.6 Å². The summed E-state index contributed by atoms with van der Waals surface area (Å²) in [5.74, 6) is 0.371. The molecule has 0 aromatic heterocycles. The second-order valence-corrected chi connectivity index (χ2v) is 5.65. The van der Waals surface area contributed by atoms with E-state index in [0.29, 0.717) is 24.8 Å². The van der Waals surface area contributed by atoms with Crippen LogP contribution in [0.15, 0.2) is 0 Å². The van der Waals surface area contributed by atoms with Gasteiger partial charge in [0.25, 0.3) is 0 Å². The van der Waals surface area contributed by atoms with E-state index in [1.54, 1.807) is 11.9 Å². The molecule has 17 heavy (non-hydrogen) atoms. The minimum absolute atomic E-state index is 0.107. The van der Waals surface area contributed by atoms with E-state index in [9.17, 15) is 9.59 Å². The number of hydrogen-bond acceptors (Lipinski definition) is 3. The van der Waals surface area contributed by atoms with Gasteiger partial charge in [0.1, 0.15) is 0 Å². The smallest absolute Gasteiger partial charge is 0.317 e. The zero-order valence-electron chi connectivity index (χ0n) is 10.1. The minimum Gasteiger partial charge on any atom is -0.481 e. The molecule has 6 heteroatoms. The fraction of sp³-hybridized carbons (Fsp3) is 0.818. The largest absolute Gasteiger partial charge is 0.481 e. The van der Waals surface area contributed by atoms with Crippen LogP contribution in [-0.4, -0.2) is 53.1 Å². The molecule has 1 atom stereocenters. The topological polar surface area (TPSA) is 69.6 Å².